The van der Waals surface area contributed by atoms with Crippen LogP contribution in [-0.4, -0.2) is 11.8 Å². The Hall–Kier alpha value is -2.82. The molecule has 6 heteroatoms. The standard InChI is InChI=1S/C22H18Cl2N2O2/c23-16-10-12-17(13-11-16)25-21(27)14-20(15-6-2-1-3-7-15)26-22(28)18-8-4-5-9-19(18)24/h1-13,20H,14H2,(H,25,27)(H,26,28). The van der Waals surface area contributed by atoms with Crippen LogP contribution in [0.4, 0.5) is 5.69 Å². The summed E-state index contributed by atoms with van der Waals surface area (Å²) in [5.41, 5.74) is 1.83. The topological polar surface area (TPSA) is 58.2 Å². The molecular weight excluding hydrogens is 395 g/mol. The van der Waals surface area contributed by atoms with Gasteiger partial charge in [-0.2, -0.15) is 0 Å². The highest BCUT2D eigenvalue weighted by molar-refractivity contribution is 6.33. The number of carbonyl (C=O) groups is 2. The molecular formula is C22H18Cl2N2O2. The monoisotopic (exact) mass is 412 g/mol. The molecule has 28 heavy (non-hydrogen) atoms. The Labute approximate surface area is 173 Å². The smallest absolute Gasteiger partial charge is 0.253 e. The summed E-state index contributed by atoms with van der Waals surface area (Å²) in [6, 6.07) is 22.5. The van der Waals surface area contributed by atoms with E-state index in [-0.39, 0.29) is 18.2 Å². The van der Waals surface area contributed by atoms with E-state index in [1.807, 2.05) is 30.3 Å². The molecule has 2 N–H and O–H groups in total. The van der Waals surface area contributed by atoms with Gasteiger partial charge < -0.3 is 10.6 Å². The SMILES string of the molecule is O=C(CC(NC(=O)c1ccccc1Cl)c1ccccc1)Nc1ccc(Cl)cc1. The highest BCUT2D eigenvalue weighted by atomic mass is 35.5. The zero-order valence-electron chi connectivity index (χ0n) is 14.9. The van der Waals surface area contributed by atoms with E-state index in [4.69, 9.17) is 23.2 Å². The van der Waals surface area contributed by atoms with Crippen LogP contribution in [0.2, 0.25) is 10.0 Å². The highest BCUT2D eigenvalue weighted by Gasteiger charge is 2.20. The van der Waals surface area contributed by atoms with Gasteiger partial charge in [-0.05, 0) is 42.0 Å². The van der Waals surface area contributed by atoms with Gasteiger partial charge in [-0.25, -0.2) is 0 Å². The van der Waals surface area contributed by atoms with E-state index >= 15 is 0 Å². The third kappa shape index (κ3) is 5.35. The number of amides is 2. The maximum Gasteiger partial charge on any atom is 0.253 e. The molecule has 0 aliphatic rings. The van der Waals surface area contributed by atoms with Crippen molar-refractivity contribution >= 4 is 40.7 Å². The number of anilines is 1. The number of nitrogens with one attached hydrogen (secondary N) is 2. The average molecular weight is 413 g/mol. The largest absolute Gasteiger partial charge is 0.345 e. The van der Waals surface area contributed by atoms with E-state index in [9.17, 15) is 9.59 Å². The predicted molar refractivity (Wildman–Crippen MR) is 113 cm³/mol. The van der Waals surface area contributed by atoms with Gasteiger partial charge in [0.15, 0.2) is 0 Å². The van der Waals surface area contributed by atoms with Crippen LogP contribution in [0.3, 0.4) is 0 Å². The Balaban J connectivity index is 1.76. The van der Waals surface area contributed by atoms with Crippen LogP contribution in [-0.2, 0) is 4.79 Å². The summed E-state index contributed by atoms with van der Waals surface area (Å²) >= 11 is 12.0. The van der Waals surface area contributed by atoms with E-state index in [1.54, 1.807) is 48.5 Å². The molecule has 0 spiro atoms. The summed E-state index contributed by atoms with van der Waals surface area (Å²) in [5.74, 6) is -0.561. The van der Waals surface area contributed by atoms with Crippen molar-refractivity contribution in [3.8, 4) is 0 Å². The third-order valence-corrected chi connectivity index (χ3v) is 4.72. The lowest BCUT2D eigenvalue weighted by molar-refractivity contribution is -0.116. The minimum absolute atomic E-state index is 0.0723. The summed E-state index contributed by atoms with van der Waals surface area (Å²) < 4.78 is 0. The van der Waals surface area contributed by atoms with Gasteiger partial charge in [0.05, 0.1) is 23.0 Å². The van der Waals surface area contributed by atoms with Crippen molar-refractivity contribution in [3.63, 3.8) is 0 Å². The summed E-state index contributed by atoms with van der Waals surface area (Å²) in [6.07, 6.45) is 0.0723. The molecule has 3 rings (SSSR count). The van der Waals surface area contributed by atoms with Crippen LogP contribution >= 0.6 is 23.2 Å². The second-order valence-corrected chi connectivity index (χ2v) is 7.02. The highest BCUT2D eigenvalue weighted by Crippen LogP contribution is 2.21. The normalized spacial score (nSPS) is 11.5. The van der Waals surface area contributed by atoms with E-state index in [2.05, 4.69) is 10.6 Å². The number of hydrogen-bond donors (Lipinski definition) is 2. The fourth-order valence-corrected chi connectivity index (χ4v) is 3.10. The molecule has 0 saturated heterocycles. The molecule has 3 aromatic carbocycles. The molecule has 1 unspecified atom stereocenters. The van der Waals surface area contributed by atoms with Crippen molar-refractivity contribution in [3.05, 3.63) is 100 Å². The van der Waals surface area contributed by atoms with Crippen molar-refractivity contribution < 1.29 is 9.59 Å². The minimum Gasteiger partial charge on any atom is -0.345 e. The second kappa shape index (κ2) is 9.40. The maximum absolute atomic E-state index is 12.7. The van der Waals surface area contributed by atoms with Gasteiger partial charge in [-0.15, -0.1) is 0 Å². The molecule has 0 aliphatic carbocycles. The van der Waals surface area contributed by atoms with Crippen LogP contribution in [0.5, 0.6) is 0 Å². The number of rotatable bonds is 6. The number of benzene rings is 3. The number of hydrogen-bond acceptors (Lipinski definition) is 2. The van der Waals surface area contributed by atoms with E-state index in [0.717, 1.165) is 5.56 Å². The Morgan fingerprint density at radius 3 is 2.14 bits per heavy atom. The van der Waals surface area contributed by atoms with Gasteiger partial charge in [0, 0.05) is 10.7 Å². The van der Waals surface area contributed by atoms with E-state index < -0.39 is 6.04 Å². The molecule has 1 atom stereocenters. The van der Waals surface area contributed by atoms with E-state index in [0.29, 0.717) is 21.3 Å². The molecule has 0 aliphatic heterocycles. The zero-order chi connectivity index (χ0) is 19.9. The van der Waals surface area contributed by atoms with Gasteiger partial charge in [0.1, 0.15) is 0 Å². The van der Waals surface area contributed by atoms with Crippen molar-refractivity contribution in [2.75, 3.05) is 5.32 Å². The lowest BCUT2D eigenvalue weighted by Gasteiger charge is -2.19. The molecule has 0 fully saturated rings. The summed E-state index contributed by atoms with van der Waals surface area (Å²) in [6.45, 7) is 0. The third-order valence-electron chi connectivity index (χ3n) is 4.14. The molecule has 3 aromatic rings. The number of halogens is 2. The van der Waals surface area contributed by atoms with Gasteiger partial charge in [0.2, 0.25) is 5.91 Å². The summed E-state index contributed by atoms with van der Waals surface area (Å²) in [5, 5.41) is 6.68. The quantitative estimate of drug-likeness (QED) is 0.561. The first-order valence-corrected chi connectivity index (χ1v) is 9.44. The van der Waals surface area contributed by atoms with Crippen molar-refractivity contribution in [2.45, 2.75) is 12.5 Å². The first kappa shape index (κ1) is 19.9. The minimum atomic E-state index is -0.503. The summed E-state index contributed by atoms with van der Waals surface area (Å²) in [4.78, 5) is 25.2. The molecule has 2 amide bonds. The average Bonchev–Trinajstić information content (AvgIpc) is 2.70. The Bertz CT molecular complexity index is 960. The molecule has 0 saturated carbocycles. The maximum atomic E-state index is 12.7. The van der Waals surface area contributed by atoms with Crippen LogP contribution in [0.25, 0.3) is 0 Å². The first-order valence-electron chi connectivity index (χ1n) is 8.68. The Kier molecular flexibility index (Phi) is 6.69. The Morgan fingerprint density at radius 1 is 0.821 bits per heavy atom. The molecule has 142 valence electrons. The first-order chi connectivity index (χ1) is 13.5. The molecule has 4 nitrogen and oxygen atoms in total. The Morgan fingerprint density at radius 2 is 1.46 bits per heavy atom. The molecule has 0 heterocycles. The molecule has 0 bridgehead atoms. The van der Waals surface area contributed by atoms with Gasteiger partial charge in [-0.3, -0.25) is 9.59 Å². The van der Waals surface area contributed by atoms with Crippen LogP contribution in [0, 0.1) is 0 Å². The lowest BCUT2D eigenvalue weighted by atomic mass is 10.0. The van der Waals surface area contributed by atoms with Crippen LogP contribution < -0.4 is 10.6 Å². The fourth-order valence-electron chi connectivity index (χ4n) is 2.75. The van der Waals surface area contributed by atoms with Gasteiger partial charge in [0.25, 0.3) is 5.91 Å². The van der Waals surface area contributed by atoms with Crippen molar-refractivity contribution in [1.82, 2.24) is 5.32 Å². The van der Waals surface area contributed by atoms with E-state index in [1.165, 1.54) is 0 Å². The summed E-state index contributed by atoms with van der Waals surface area (Å²) in [7, 11) is 0. The predicted octanol–water partition coefficient (Wildman–Crippen LogP) is 5.49. The van der Waals surface area contributed by atoms with Gasteiger partial charge >= 0.3 is 0 Å². The fraction of sp³-hybridized carbons (Fsp3) is 0.0909. The molecule has 0 radical (unpaired) electrons. The second-order valence-electron chi connectivity index (χ2n) is 6.18. The van der Waals surface area contributed by atoms with Crippen molar-refractivity contribution in [1.29, 1.82) is 0 Å². The van der Waals surface area contributed by atoms with Crippen molar-refractivity contribution in [2.24, 2.45) is 0 Å². The lowest BCUT2D eigenvalue weighted by Crippen LogP contribution is -2.31. The molecule has 0 aromatic heterocycles. The van der Waals surface area contributed by atoms with Crippen LogP contribution in [0.15, 0.2) is 78.9 Å². The van der Waals surface area contributed by atoms with Crippen LogP contribution in [0.1, 0.15) is 28.4 Å². The number of carbonyl (C=O) groups excluding carboxylic acids is 2. The van der Waals surface area contributed by atoms with Gasteiger partial charge in [-0.1, -0.05) is 65.7 Å². The zero-order valence-corrected chi connectivity index (χ0v) is 16.4.